The lowest BCUT2D eigenvalue weighted by Gasteiger charge is -2.05. The maximum Gasteiger partial charge on any atom is 0.223 e. The standard InChI is InChI=1S/C13H21N5O2/c1-9-12(7-14-5-6-19-4)10(2)18(16-9)8-13-15-11(3)20-17-13/h14H,5-8H2,1-4H3. The second kappa shape index (κ2) is 6.62. The number of aryl methyl sites for hydroxylation is 2. The maximum atomic E-state index is 5.02. The lowest BCUT2D eigenvalue weighted by Crippen LogP contribution is -2.19. The number of hydrogen-bond acceptors (Lipinski definition) is 6. The van der Waals surface area contributed by atoms with Crippen LogP contribution in [-0.2, 0) is 17.8 Å². The summed E-state index contributed by atoms with van der Waals surface area (Å²) in [5, 5.41) is 11.8. The molecule has 7 nitrogen and oxygen atoms in total. The number of nitrogens with one attached hydrogen (secondary N) is 1. The SMILES string of the molecule is COCCNCc1c(C)nn(Cc2noc(C)n2)c1C. The van der Waals surface area contributed by atoms with E-state index in [1.807, 2.05) is 11.6 Å². The second-order valence-electron chi connectivity index (χ2n) is 4.71. The molecular weight excluding hydrogens is 258 g/mol. The molecule has 0 saturated heterocycles. The lowest BCUT2D eigenvalue weighted by molar-refractivity contribution is 0.199. The van der Waals surface area contributed by atoms with Gasteiger partial charge in [0.05, 0.1) is 12.3 Å². The number of methoxy groups -OCH3 is 1. The van der Waals surface area contributed by atoms with E-state index in [0.717, 1.165) is 24.5 Å². The Morgan fingerprint density at radius 2 is 2.10 bits per heavy atom. The zero-order valence-corrected chi connectivity index (χ0v) is 12.4. The van der Waals surface area contributed by atoms with Crippen molar-refractivity contribution >= 4 is 0 Å². The van der Waals surface area contributed by atoms with Gasteiger partial charge in [-0.2, -0.15) is 10.1 Å². The Balaban J connectivity index is 2.04. The molecule has 0 atom stereocenters. The van der Waals surface area contributed by atoms with Crippen molar-refractivity contribution in [1.29, 1.82) is 0 Å². The molecule has 0 aromatic carbocycles. The fourth-order valence-electron chi connectivity index (χ4n) is 2.07. The second-order valence-corrected chi connectivity index (χ2v) is 4.71. The van der Waals surface area contributed by atoms with Crippen LogP contribution in [-0.4, -0.2) is 40.2 Å². The zero-order valence-electron chi connectivity index (χ0n) is 12.4. The van der Waals surface area contributed by atoms with Gasteiger partial charge in [0.25, 0.3) is 0 Å². The molecule has 20 heavy (non-hydrogen) atoms. The zero-order chi connectivity index (χ0) is 14.5. The molecule has 2 aromatic rings. The molecule has 1 N–H and O–H groups in total. The molecule has 2 aromatic heterocycles. The summed E-state index contributed by atoms with van der Waals surface area (Å²) in [6, 6.07) is 0. The molecule has 7 heteroatoms. The molecule has 0 aliphatic heterocycles. The van der Waals surface area contributed by atoms with Crippen LogP contribution in [0.25, 0.3) is 0 Å². The predicted molar refractivity (Wildman–Crippen MR) is 73.4 cm³/mol. The van der Waals surface area contributed by atoms with Crippen molar-refractivity contribution in [2.75, 3.05) is 20.3 Å². The van der Waals surface area contributed by atoms with Crippen molar-refractivity contribution < 1.29 is 9.26 Å². The van der Waals surface area contributed by atoms with E-state index in [1.54, 1.807) is 14.0 Å². The Morgan fingerprint density at radius 3 is 2.75 bits per heavy atom. The van der Waals surface area contributed by atoms with E-state index < -0.39 is 0 Å². The highest BCUT2D eigenvalue weighted by molar-refractivity contribution is 5.24. The molecule has 2 rings (SSSR count). The third kappa shape index (κ3) is 3.43. The van der Waals surface area contributed by atoms with Gasteiger partial charge in [0, 0.05) is 38.4 Å². The van der Waals surface area contributed by atoms with Gasteiger partial charge in [0.1, 0.15) is 6.54 Å². The highest BCUT2D eigenvalue weighted by Gasteiger charge is 2.13. The van der Waals surface area contributed by atoms with Crippen molar-refractivity contribution in [3.05, 3.63) is 28.7 Å². The van der Waals surface area contributed by atoms with Gasteiger partial charge in [-0.3, -0.25) is 4.68 Å². The Labute approximate surface area is 118 Å². The molecule has 0 amide bonds. The first-order valence-corrected chi connectivity index (χ1v) is 6.63. The summed E-state index contributed by atoms with van der Waals surface area (Å²) in [4.78, 5) is 4.20. The van der Waals surface area contributed by atoms with Crippen molar-refractivity contribution in [2.45, 2.75) is 33.9 Å². The van der Waals surface area contributed by atoms with E-state index in [2.05, 4.69) is 27.5 Å². The third-order valence-electron chi connectivity index (χ3n) is 3.18. The van der Waals surface area contributed by atoms with Gasteiger partial charge in [0.15, 0.2) is 5.82 Å². The van der Waals surface area contributed by atoms with E-state index in [1.165, 1.54) is 5.56 Å². The van der Waals surface area contributed by atoms with Gasteiger partial charge in [0.2, 0.25) is 5.89 Å². The number of aromatic nitrogens is 4. The molecule has 0 unspecified atom stereocenters. The molecule has 0 spiro atoms. The monoisotopic (exact) mass is 279 g/mol. The molecule has 110 valence electrons. The van der Waals surface area contributed by atoms with Crippen molar-refractivity contribution in [3.63, 3.8) is 0 Å². The molecule has 2 heterocycles. The van der Waals surface area contributed by atoms with Gasteiger partial charge >= 0.3 is 0 Å². The summed E-state index contributed by atoms with van der Waals surface area (Å²) >= 11 is 0. The van der Waals surface area contributed by atoms with Crippen molar-refractivity contribution in [1.82, 2.24) is 25.2 Å². The normalized spacial score (nSPS) is 11.2. The summed E-state index contributed by atoms with van der Waals surface area (Å²) < 4.78 is 11.9. The molecule has 0 bridgehead atoms. The minimum atomic E-state index is 0.530. The molecule has 0 saturated carbocycles. The summed E-state index contributed by atoms with van der Waals surface area (Å²) in [6.07, 6.45) is 0. The van der Waals surface area contributed by atoms with Gasteiger partial charge < -0.3 is 14.6 Å². The fourth-order valence-corrected chi connectivity index (χ4v) is 2.07. The Hall–Kier alpha value is -1.73. The van der Waals surface area contributed by atoms with Crippen LogP contribution in [0.3, 0.4) is 0 Å². The van der Waals surface area contributed by atoms with E-state index in [9.17, 15) is 0 Å². The van der Waals surface area contributed by atoms with Crippen LogP contribution in [0.4, 0.5) is 0 Å². The number of hydrogen-bond donors (Lipinski definition) is 1. The first-order chi connectivity index (χ1) is 9.61. The topological polar surface area (TPSA) is 78.0 Å². The molecular formula is C13H21N5O2. The van der Waals surface area contributed by atoms with E-state index in [4.69, 9.17) is 9.26 Å². The molecule has 0 fully saturated rings. The Morgan fingerprint density at radius 1 is 1.30 bits per heavy atom. The van der Waals surface area contributed by atoms with Crippen LogP contribution in [0.1, 0.15) is 28.7 Å². The maximum absolute atomic E-state index is 5.02. The predicted octanol–water partition coefficient (Wildman–Crippen LogP) is 0.976. The van der Waals surface area contributed by atoms with Crippen molar-refractivity contribution in [3.8, 4) is 0 Å². The van der Waals surface area contributed by atoms with Crippen LogP contribution in [0.15, 0.2) is 4.52 Å². The fraction of sp³-hybridized carbons (Fsp3) is 0.615. The minimum Gasteiger partial charge on any atom is -0.383 e. The highest BCUT2D eigenvalue weighted by Crippen LogP contribution is 2.13. The summed E-state index contributed by atoms with van der Waals surface area (Å²) in [7, 11) is 1.70. The van der Waals surface area contributed by atoms with E-state index in [-0.39, 0.29) is 0 Å². The van der Waals surface area contributed by atoms with E-state index in [0.29, 0.717) is 24.9 Å². The van der Waals surface area contributed by atoms with Crippen LogP contribution >= 0.6 is 0 Å². The highest BCUT2D eigenvalue weighted by atomic mass is 16.5. The average Bonchev–Trinajstić information content (AvgIpc) is 2.93. The molecule has 0 radical (unpaired) electrons. The smallest absolute Gasteiger partial charge is 0.223 e. The first kappa shape index (κ1) is 14.7. The number of nitrogens with zero attached hydrogens (tertiary/aromatic N) is 4. The quantitative estimate of drug-likeness (QED) is 0.761. The van der Waals surface area contributed by atoms with Crippen LogP contribution in [0.2, 0.25) is 0 Å². The van der Waals surface area contributed by atoms with Crippen molar-refractivity contribution in [2.24, 2.45) is 0 Å². The Bertz CT molecular complexity index is 561. The van der Waals surface area contributed by atoms with Gasteiger partial charge in [-0.25, -0.2) is 0 Å². The van der Waals surface area contributed by atoms with Crippen LogP contribution in [0, 0.1) is 20.8 Å². The Kier molecular flexibility index (Phi) is 4.86. The van der Waals surface area contributed by atoms with E-state index >= 15 is 0 Å². The minimum absolute atomic E-state index is 0.530. The van der Waals surface area contributed by atoms with Gasteiger partial charge in [-0.05, 0) is 13.8 Å². The third-order valence-corrected chi connectivity index (χ3v) is 3.18. The summed E-state index contributed by atoms with van der Waals surface area (Å²) in [5.74, 6) is 1.22. The largest absolute Gasteiger partial charge is 0.383 e. The van der Waals surface area contributed by atoms with Crippen LogP contribution < -0.4 is 5.32 Å². The first-order valence-electron chi connectivity index (χ1n) is 6.63. The van der Waals surface area contributed by atoms with Gasteiger partial charge in [-0.15, -0.1) is 0 Å². The van der Waals surface area contributed by atoms with Gasteiger partial charge in [-0.1, -0.05) is 5.16 Å². The molecule has 0 aliphatic carbocycles. The average molecular weight is 279 g/mol. The number of rotatable bonds is 7. The summed E-state index contributed by atoms with van der Waals surface area (Å²) in [6.45, 7) is 8.69. The summed E-state index contributed by atoms with van der Waals surface area (Å²) in [5.41, 5.74) is 3.35. The lowest BCUT2D eigenvalue weighted by atomic mass is 10.2. The van der Waals surface area contributed by atoms with Crippen LogP contribution in [0.5, 0.6) is 0 Å². The number of ether oxygens (including phenoxy) is 1. The molecule has 0 aliphatic rings.